The number of carboxylic acid groups (broad SMARTS) is 2. The van der Waals surface area contributed by atoms with Crippen molar-refractivity contribution in [3.8, 4) is 0 Å². The van der Waals surface area contributed by atoms with Crippen molar-refractivity contribution in [3.05, 3.63) is 34.9 Å². The van der Waals surface area contributed by atoms with Crippen LogP contribution in [0.4, 0.5) is 4.79 Å². The molecule has 0 unspecified atom stereocenters. The first-order chi connectivity index (χ1) is 9.43. The molecule has 0 bridgehead atoms. The summed E-state index contributed by atoms with van der Waals surface area (Å²) < 4.78 is 0. The van der Waals surface area contributed by atoms with E-state index in [1.54, 1.807) is 12.1 Å². The van der Waals surface area contributed by atoms with E-state index in [4.69, 9.17) is 16.7 Å². The van der Waals surface area contributed by atoms with E-state index in [1.165, 1.54) is 4.90 Å². The molecule has 2 N–H and O–H groups in total. The molecule has 0 aromatic heterocycles. The molecule has 1 aliphatic heterocycles. The third kappa shape index (κ3) is 3.04. The third-order valence-electron chi connectivity index (χ3n) is 3.90. The van der Waals surface area contributed by atoms with E-state index in [0.717, 1.165) is 5.56 Å². The Morgan fingerprint density at radius 1 is 1.15 bits per heavy atom. The zero-order valence-electron chi connectivity index (χ0n) is 10.9. The van der Waals surface area contributed by atoms with Gasteiger partial charge in [0.25, 0.3) is 0 Å². The van der Waals surface area contributed by atoms with Crippen LogP contribution in [0.25, 0.3) is 0 Å². The molecule has 1 heterocycles. The van der Waals surface area contributed by atoms with E-state index in [0.29, 0.717) is 24.3 Å². The first-order valence-corrected chi connectivity index (χ1v) is 6.76. The maximum absolute atomic E-state index is 11.6. The van der Waals surface area contributed by atoms with Crippen molar-refractivity contribution in [2.75, 3.05) is 13.1 Å². The van der Waals surface area contributed by atoms with Crippen molar-refractivity contribution in [3.63, 3.8) is 0 Å². The summed E-state index contributed by atoms with van der Waals surface area (Å²) in [6.07, 6.45) is 0.0667. The predicted molar refractivity (Wildman–Crippen MR) is 74.1 cm³/mol. The number of halogens is 1. The van der Waals surface area contributed by atoms with E-state index in [1.807, 2.05) is 12.1 Å². The summed E-state index contributed by atoms with van der Waals surface area (Å²) in [4.78, 5) is 23.8. The normalized spacial score (nSPS) is 17.8. The molecule has 5 nitrogen and oxygen atoms in total. The fourth-order valence-corrected chi connectivity index (χ4v) is 2.71. The van der Waals surface area contributed by atoms with Gasteiger partial charge in [-0.05, 0) is 37.0 Å². The lowest BCUT2D eigenvalue weighted by Gasteiger charge is -2.37. The minimum Gasteiger partial charge on any atom is -0.481 e. The number of hydrogen-bond donors (Lipinski definition) is 2. The minimum absolute atomic E-state index is 0.259. The molecule has 108 valence electrons. The zero-order valence-corrected chi connectivity index (χ0v) is 11.6. The second kappa shape index (κ2) is 5.71. The summed E-state index contributed by atoms with van der Waals surface area (Å²) in [5, 5.41) is 19.1. The SMILES string of the molecule is O=C(O)N1CCC(Cc2ccc(Cl)cc2)(C(=O)O)CC1. The van der Waals surface area contributed by atoms with E-state index in [9.17, 15) is 14.7 Å². The van der Waals surface area contributed by atoms with Gasteiger partial charge >= 0.3 is 12.1 Å². The van der Waals surface area contributed by atoms with Crippen LogP contribution in [-0.2, 0) is 11.2 Å². The van der Waals surface area contributed by atoms with Gasteiger partial charge in [-0.1, -0.05) is 23.7 Å². The van der Waals surface area contributed by atoms with Crippen LogP contribution in [0.15, 0.2) is 24.3 Å². The Labute approximate surface area is 121 Å². The molecular weight excluding hydrogens is 282 g/mol. The van der Waals surface area contributed by atoms with Gasteiger partial charge in [-0.25, -0.2) is 4.79 Å². The van der Waals surface area contributed by atoms with Gasteiger partial charge in [0.15, 0.2) is 0 Å². The molecule has 0 atom stereocenters. The van der Waals surface area contributed by atoms with Crippen LogP contribution in [0.1, 0.15) is 18.4 Å². The van der Waals surface area contributed by atoms with Crippen LogP contribution in [-0.4, -0.2) is 40.3 Å². The summed E-state index contributed by atoms with van der Waals surface area (Å²) >= 11 is 5.82. The van der Waals surface area contributed by atoms with Crippen LogP contribution < -0.4 is 0 Å². The number of carboxylic acids is 1. The Morgan fingerprint density at radius 3 is 2.15 bits per heavy atom. The molecule has 0 spiro atoms. The average Bonchev–Trinajstić information content (AvgIpc) is 2.42. The summed E-state index contributed by atoms with van der Waals surface area (Å²) in [5.74, 6) is -0.863. The molecular formula is C14H16ClNO4. The lowest BCUT2D eigenvalue weighted by molar-refractivity contribution is -0.151. The second-order valence-corrected chi connectivity index (χ2v) is 5.59. The fourth-order valence-electron chi connectivity index (χ4n) is 2.59. The first kappa shape index (κ1) is 14.7. The number of likely N-dealkylation sites (tertiary alicyclic amines) is 1. The van der Waals surface area contributed by atoms with Crippen molar-refractivity contribution >= 4 is 23.7 Å². The summed E-state index contributed by atoms with van der Waals surface area (Å²) in [6, 6.07) is 7.10. The van der Waals surface area contributed by atoms with Crippen molar-refractivity contribution in [2.45, 2.75) is 19.3 Å². The van der Waals surface area contributed by atoms with Gasteiger partial charge in [-0.2, -0.15) is 0 Å². The van der Waals surface area contributed by atoms with E-state index >= 15 is 0 Å². The van der Waals surface area contributed by atoms with Crippen LogP contribution >= 0.6 is 11.6 Å². The molecule has 1 aromatic carbocycles. The molecule has 0 saturated carbocycles. The molecule has 20 heavy (non-hydrogen) atoms. The van der Waals surface area contributed by atoms with E-state index < -0.39 is 17.5 Å². The monoisotopic (exact) mass is 297 g/mol. The number of rotatable bonds is 3. The molecule has 1 amide bonds. The third-order valence-corrected chi connectivity index (χ3v) is 4.15. The molecule has 1 aliphatic rings. The highest BCUT2D eigenvalue weighted by Gasteiger charge is 2.42. The van der Waals surface area contributed by atoms with Gasteiger partial charge in [-0.3, -0.25) is 4.79 Å². The van der Waals surface area contributed by atoms with Crippen LogP contribution in [0.5, 0.6) is 0 Å². The van der Waals surface area contributed by atoms with Gasteiger partial charge < -0.3 is 15.1 Å². The summed E-state index contributed by atoms with van der Waals surface area (Å²) in [7, 11) is 0. The largest absolute Gasteiger partial charge is 0.481 e. The number of benzene rings is 1. The van der Waals surface area contributed by atoms with Gasteiger partial charge in [0.05, 0.1) is 5.41 Å². The van der Waals surface area contributed by atoms with Gasteiger partial charge in [0.2, 0.25) is 0 Å². The highest BCUT2D eigenvalue weighted by atomic mass is 35.5. The van der Waals surface area contributed by atoms with Crippen molar-refractivity contribution in [2.24, 2.45) is 5.41 Å². The highest BCUT2D eigenvalue weighted by molar-refractivity contribution is 6.30. The first-order valence-electron chi connectivity index (χ1n) is 6.39. The standard InChI is InChI=1S/C14H16ClNO4/c15-11-3-1-10(2-4-11)9-14(12(17)18)5-7-16(8-6-14)13(19)20/h1-4H,5-9H2,(H,17,18)(H,19,20). The minimum atomic E-state index is -0.990. The lowest BCUT2D eigenvalue weighted by atomic mass is 9.74. The molecule has 1 fully saturated rings. The van der Waals surface area contributed by atoms with Crippen molar-refractivity contribution in [1.29, 1.82) is 0 Å². The number of carbonyl (C=O) groups is 2. The van der Waals surface area contributed by atoms with E-state index in [2.05, 4.69) is 0 Å². The molecule has 1 saturated heterocycles. The number of hydrogen-bond acceptors (Lipinski definition) is 2. The number of nitrogens with zero attached hydrogens (tertiary/aromatic N) is 1. The molecule has 1 aromatic rings. The number of amides is 1. The Balaban J connectivity index is 2.13. The molecule has 0 aliphatic carbocycles. The number of piperidine rings is 1. The van der Waals surface area contributed by atoms with Gasteiger partial charge in [-0.15, -0.1) is 0 Å². The van der Waals surface area contributed by atoms with Crippen LogP contribution in [0, 0.1) is 5.41 Å². The van der Waals surface area contributed by atoms with Crippen molar-refractivity contribution in [1.82, 2.24) is 4.90 Å². The molecule has 0 radical (unpaired) electrons. The van der Waals surface area contributed by atoms with Gasteiger partial charge in [0, 0.05) is 18.1 Å². The quantitative estimate of drug-likeness (QED) is 0.899. The van der Waals surface area contributed by atoms with Crippen molar-refractivity contribution < 1.29 is 19.8 Å². The second-order valence-electron chi connectivity index (χ2n) is 5.16. The average molecular weight is 298 g/mol. The van der Waals surface area contributed by atoms with Gasteiger partial charge in [0.1, 0.15) is 0 Å². The molecule has 2 rings (SSSR count). The van der Waals surface area contributed by atoms with E-state index in [-0.39, 0.29) is 13.1 Å². The Bertz CT molecular complexity index is 506. The lowest BCUT2D eigenvalue weighted by Crippen LogP contribution is -2.47. The Kier molecular flexibility index (Phi) is 4.18. The zero-order chi connectivity index (χ0) is 14.8. The maximum Gasteiger partial charge on any atom is 0.407 e. The Morgan fingerprint density at radius 2 is 1.70 bits per heavy atom. The predicted octanol–water partition coefficient (Wildman–Crippen LogP) is 2.73. The fraction of sp³-hybridized carbons (Fsp3) is 0.429. The summed E-state index contributed by atoms with van der Waals surface area (Å²) in [6.45, 7) is 0.518. The number of aliphatic carboxylic acids is 1. The summed E-state index contributed by atoms with van der Waals surface area (Å²) in [5.41, 5.74) is 0.0142. The molecule has 6 heteroatoms. The maximum atomic E-state index is 11.6. The highest BCUT2D eigenvalue weighted by Crippen LogP contribution is 2.35. The van der Waals surface area contributed by atoms with Crippen LogP contribution in [0.3, 0.4) is 0 Å². The topological polar surface area (TPSA) is 77.8 Å². The van der Waals surface area contributed by atoms with Crippen LogP contribution in [0.2, 0.25) is 5.02 Å². The smallest absolute Gasteiger partial charge is 0.407 e. The Hall–Kier alpha value is -1.75.